The molecule has 0 spiro atoms. The number of aliphatic hydroxyl groups excluding tert-OH is 1. The van der Waals surface area contributed by atoms with E-state index >= 15 is 0 Å². The lowest BCUT2D eigenvalue weighted by Gasteiger charge is -2.20. The Morgan fingerprint density at radius 3 is 2.74 bits per heavy atom. The Labute approximate surface area is 117 Å². The topological polar surface area (TPSA) is 23.5 Å². The average molecular weight is 279 g/mol. The molecule has 1 atom stereocenters. The average Bonchev–Trinajstić information content (AvgIpc) is 2.88. The summed E-state index contributed by atoms with van der Waals surface area (Å²) in [6.45, 7) is 2.40. The van der Waals surface area contributed by atoms with Gasteiger partial charge >= 0.3 is 0 Å². The molecular formula is C15H18FNOS. The molecule has 1 aromatic heterocycles. The maximum Gasteiger partial charge on any atom is 0.146 e. The molecule has 1 unspecified atom stereocenters. The highest BCUT2D eigenvalue weighted by Crippen LogP contribution is 2.23. The van der Waals surface area contributed by atoms with Crippen LogP contribution in [0.1, 0.15) is 23.5 Å². The second-order valence-corrected chi connectivity index (χ2v) is 5.67. The summed E-state index contributed by atoms with van der Waals surface area (Å²) in [6, 6.07) is 9.02. The van der Waals surface area contributed by atoms with Crippen molar-refractivity contribution in [3.05, 3.63) is 52.0 Å². The molecule has 2 rings (SSSR count). The number of hydrogen-bond acceptors (Lipinski definition) is 3. The van der Waals surface area contributed by atoms with E-state index in [0.29, 0.717) is 11.3 Å². The first kappa shape index (κ1) is 14.0. The van der Waals surface area contributed by atoms with E-state index in [1.54, 1.807) is 30.4 Å². The van der Waals surface area contributed by atoms with Gasteiger partial charge in [-0.2, -0.15) is 0 Å². The van der Waals surface area contributed by atoms with E-state index < -0.39 is 6.10 Å². The summed E-state index contributed by atoms with van der Waals surface area (Å²) in [7, 11) is 1.88. The molecule has 0 saturated carbocycles. The van der Waals surface area contributed by atoms with Crippen molar-refractivity contribution in [1.29, 1.82) is 0 Å². The molecule has 0 saturated heterocycles. The largest absolute Gasteiger partial charge is 0.389 e. The van der Waals surface area contributed by atoms with Crippen LogP contribution in [-0.4, -0.2) is 18.7 Å². The van der Waals surface area contributed by atoms with Crippen molar-refractivity contribution in [3.8, 4) is 0 Å². The molecule has 1 N–H and O–H groups in total. The van der Waals surface area contributed by atoms with Gasteiger partial charge in [-0.05, 0) is 42.5 Å². The maximum atomic E-state index is 14.0. The van der Waals surface area contributed by atoms with E-state index in [1.165, 1.54) is 10.9 Å². The van der Waals surface area contributed by atoms with Crippen molar-refractivity contribution in [2.24, 2.45) is 0 Å². The molecule has 0 radical (unpaired) electrons. The first-order valence-corrected chi connectivity index (χ1v) is 7.17. The number of nitrogens with zero attached hydrogens (tertiary/aromatic N) is 1. The minimum absolute atomic E-state index is 0.285. The van der Waals surface area contributed by atoms with Crippen molar-refractivity contribution in [2.75, 3.05) is 18.5 Å². The SMILES string of the molecule is CC(O)c1ccc(N(C)CCc2cccs2)c(F)c1. The normalized spacial score (nSPS) is 12.4. The predicted molar refractivity (Wildman–Crippen MR) is 78.3 cm³/mol. The first-order valence-electron chi connectivity index (χ1n) is 6.29. The molecule has 0 fully saturated rings. The quantitative estimate of drug-likeness (QED) is 0.903. The Morgan fingerprint density at radius 1 is 1.37 bits per heavy atom. The van der Waals surface area contributed by atoms with Gasteiger partial charge in [-0.3, -0.25) is 0 Å². The fourth-order valence-corrected chi connectivity index (χ4v) is 2.64. The van der Waals surface area contributed by atoms with Gasteiger partial charge in [-0.25, -0.2) is 4.39 Å². The van der Waals surface area contributed by atoms with Crippen molar-refractivity contribution < 1.29 is 9.50 Å². The van der Waals surface area contributed by atoms with Crippen LogP contribution in [0.4, 0.5) is 10.1 Å². The molecule has 2 aromatic rings. The summed E-state index contributed by atoms with van der Waals surface area (Å²) in [4.78, 5) is 3.20. The van der Waals surface area contributed by atoms with Gasteiger partial charge in [0.1, 0.15) is 5.82 Å². The Morgan fingerprint density at radius 2 is 2.16 bits per heavy atom. The molecule has 19 heavy (non-hydrogen) atoms. The van der Waals surface area contributed by atoms with Crippen LogP contribution < -0.4 is 4.90 Å². The molecule has 0 aliphatic carbocycles. The molecule has 1 heterocycles. The van der Waals surface area contributed by atoms with Gasteiger partial charge < -0.3 is 10.0 Å². The van der Waals surface area contributed by atoms with Gasteiger partial charge in [0, 0.05) is 18.5 Å². The van der Waals surface area contributed by atoms with E-state index in [0.717, 1.165) is 13.0 Å². The summed E-state index contributed by atoms with van der Waals surface area (Å²) in [5.74, 6) is -0.285. The summed E-state index contributed by atoms with van der Waals surface area (Å²) in [5, 5.41) is 11.5. The standard InChI is InChI=1S/C15H18FNOS/c1-11(18)12-5-6-15(14(16)10-12)17(2)8-7-13-4-3-9-19-13/h3-6,9-11,18H,7-8H2,1-2H3. The fourth-order valence-electron chi connectivity index (χ4n) is 1.95. The molecule has 0 aliphatic heterocycles. The van der Waals surface area contributed by atoms with Gasteiger partial charge in [-0.1, -0.05) is 12.1 Å². The Bertz CT molecular complexity index is 525. The Hall–Kier alpha value is -1.39. The van der Waals surface area contributed by atoms with Crippen molar-refractivity contribution in [3.63, 3.8) is 0 Å². The highest BCUT2D eigenvalue weighted by Gasteiger charge is 2.10. The summed E-state index contributed by atoms with van der Waals surface area (Å²) < 4.78 is 14.0. The van der Waals surface area contributed by atoms with Gasteiger partial charge in [0.25, 0.3) is 0 Å². The molecule has 0 bridgehead atoms. The molecular weight excluding hydrogens is 261 g/mol. The number of aliphatic hydroxyl groups is 1. The van der Waals surface area contributed by atoms with Crippen LogP contribution in [0.2, 0.25) is 0 Å². The van der Waals surface area contributed by atoms with Crippen molar-refractivity contribution in [1.82, 2.24) is 0 Å². The van der Waals surface area contributed by atoms with Gasteiger partial charge in [0.2, 0.25) is 0 Å². The number of anilines is 1. The highest BCUT2D eigenvalue weighted by atomic mass is 32.1. The van der Waals surface area contributed by atoms with E-state index in [9.17, 15) is 9.50 Å². The minimum Gasteiger partial charge on any atom is -0.389 e. The van der Waals surface area contributed by atoms with Crippen LogP contribution in [-0.2, 0) is 6.42 Å². The molecule has 102 valence electrons. The predicted octanol–water partition coefficient (Wildman–Crippen LogP) is 3.62. The van der Waals surface area contributed by atoms with Crippen LogP contribution in [0.3, 0.4) is 0 Å². The molecule has 2 nitrogen and oxygen atoms in total. The number of likely N-dealkylation sites (N-methyl/N-ethyl adjacent to an activating group) is 1. The third kappa shape index (κ3) is 3.55. The van der Waals surface area contributed by atoms with Gasteiger partial charge in [0.15, 0.2) is 0 Å². The van der Waals surface area contributed by atoms with E-state index in [2.05, 4.69) is 6.07 Å². The zero-order valence-electron chi connectivity index (χ0n) is 11.1. The summed E-state index contributed by atoms with van der Waals surface area (Å²) in [5.41, 5.74) is 1.17. The molecule has 0 aliphatic rings. The minimum atomic E-state index is -0.639. The summed E-state index contributed by atoms with van der Waals surface area (Å²) in [6.07, 6.45) is 0.270. The zero-order valence-corrected chi connectivity index (χ0v) is 12.0. The van der Waals surface area contributed by atoms with Crippen LogP contribution in [0, 0.1) is 5.82 Å². The molecule has 1 aromatic carbocycles. The molecule has 0 amide bonds. The summed E-state index contributed by atoms with van der Waals surface area (Å²) >= 11 is 1.72. The van der Waals surface area contributed by atoms with E-state index in [4.69, 9.17) is 0 Å². The fraction of sp³-hybridized carbons (Fsp3) is 0.333. The number of thiophene rings is 1. The third-order valence-electron chi connectivity index (χ3n) is 3.14. The highest BCUT2D eigenvalue weighted by molar-refractivity contribution is 7.09. The lowest BCUT2D eigenvalue weighted by molar-refractivity contribution is 0.199. The van der Waals surface area contributed by atoms with Crippen LogP contribution in [0.25, 0.3) is 0 Å². The van der Waals surface area contributed by atoms with Crippen molar-refractivity contribution >= 4 is 17.0 Å². The van der Waals surface area contributed by atoms with Gasteiger partial charge in [-0.15, -0.1) is 11.3 Å². The van der Waals surface area contributed by atoms with Crippen molar-refractivity contribution in [2.45, 2.75) is 19.4 Å². The first-order chi connectivity index (χ1) is 9.08. The number of benzene rings is 1. The van der Waals surface area contributed by atoms with E-state index in [1.807, 2.05) is 23.4 Å². The second-order valence-electron chi connectivity index (χ2n) is 4.64. The van der Waals surface area contributed by atoms with E-state index in [-0.39, 0.29) is 5.82 Å². The van der Waals surface area contributed by atoms with Crippen LogP contribution in [0.15, 0.2) is 35.7 Å². The third-order valence-corrected chi connectivity index (χ3v) is 4.08. The lowest BCUT2D eigenvalue weighted by atomic mass is 10.1. The second kappa shape index (κ2) is 6.17. The van der Waals surface area contributed by atoms with Crippen LogP contribution >= 0.6 is 11.3 Å². The number of hydrogen-bond donors (Lipinski definition) is 1. The van der Waals surface area contributed by atoms with Crippen LogP contribution in [0.5, 0.6) is 0 Å². The number of halogens is 1. The smallest absolute Gasteiger partial charge is 0.146 e. The maximum absolute atomic E-state index is 14.0. The monoisotopic (exact) mass is 279 g/mol. The lowest BCUT2D eigenvalue weighted by Crippen LogP contribution is -2.21. The Balaban J connectivity index is 2.04. The zero-order chi connectivity index (χ0) is 13.8. The number of rotatable bonds is 5. The Kier molecular flexibility index (Phi) is 4.56. The molecule has 4 heteroatoms. The van der Waals surface area contributed by atoms with Gasteiger partial charge in [0.05, 0.1) is 11.8 Å².